The van der Waals surface area contributed by atoms with Gasteiger partial charge in [0.25, 0.3) is 0 Å². The molecule has 0 saturated heterocycles. The third-order valence-electron chi connectivity index (χ3n) is 2.69. The van der Waals surface area contributed by atoms with Crippen LogP contribution in [0.3, 0.4) is 0 Å². The standard InChI is InChI=1S/C14H23NO2/c1-4-15-12(2)5-6-13-7-9-14(10-8-13)17-11-16-3/h7-10,12,15H,4-6,11H2,1-3H3. The Morgan fingerprint density at radius 2 is 1.94 bits per heavy atom. The lowest BCUT2D eigenvalue weighted by molar-refractivity contribution is 0.0511. The van der Waals surface area contributed by atoms with E-state index in [2.05, 4.69) is 31.3 Å². The minimum Gasteiger partial charge on any atom is -0.468 e. The third kappa shape index (κ3) is 5.71. The van der Waals surface area contributed by atoms with Crippen LogP contribution in [0, 0.1) is 0 Å². The van der Waals surface area contributed by atoms with Gasteiger partial charge in [0.15, 0.2) is 6.79 Å². The zero-order chi connectivity index (χ0) is 12.5. The predicted molar refractivity (Wildman–Crippen MR) is 70.4 cm³/mol. The van der Waals surface area contributed by atoms with Gasteiger partial charge in [-0.1, -0.05) is 19.1 Å². The monoisotopic (exact) mass is 237 g/mol. The van der Waals surface area contributed by atoms with E-state index in [9.17, 15) is 0 Å². The molecule has 0 fully saturated rings. The van der Waals surface area contributed by atoms with E-state index in [1.807, 2.05) is 12.1 Å². The summed E-state index contributed by atoms with van der Waals surface area (Å²) in [5, 5.41) is 3.41. The molecule has 3 nitrogen and oxygen atoms in total. The highest BCUT2D eigenvalue weighted by Crippen LogP contribution is 2.13. The fraction of sp³-hybridized carbons (Fsp3) is 0.571. The van der Waals surface area contributed by atoms with Crippen molar-refractivity contribution in [3.05, 3.63) is 29.8 Å². The first kappa shape index (κ1) is 14.0. The Morgan fingerprint density at radius 1 is 1.24 bits per heavy atom. The van der Waals surface area contributed by atoms with Gasteiger partial charge in [-0.25, -0.2) is 0 Å². The van der Waals surface area contributed by atoms with E-state index in [0.717, 1.165) is 25.1 Å². The van der Waals surface area contributed by atoms with Crippen molar-refractivity contribution < 1.29 is 9.47 Å². The molecular weight excluding hydrogens is 214 g/mol. The lowest BCUT2D eigenvalue weighted by Crippen LogP contribution is -2.25. The number of ether oxygens (including phenoxy) is 2. The summed E-state index contributed by atoms with van der Waals surface area (Å²) in [4.78, 5) is 0. The molecule has 0 saturated carbocycles. The van der Waals surface area contributed by atoms with Gasteiger partial charge in [-0.15, -0.1) is 0 Å². The van der Waals surface area contributed by atoms with Crippen LogP contribution in [0.1, 0.15) is 25.8 Å². The number of rotatable bonds is 8. The maximum atomic E-state index is 5.34. The largest absolute Gasteiger partial charge is 0.468 e. The molecule has 96 valence electrons. The van der Waals surface area contributed by atoms with Gasteiger partial charge < -0.3 is 14.8 Å². The van der Waals surface area contributed by atoms with Gasteiger partial charge in [-0.05, 0) is 44.0 Å². The number of nitrogens with one attached hydrogen (secondary N) is 1. The summed E-state index contributed by atoms with van der Waals surface area (Å²) in [5.41, 5.74) is 1.35. The normalized spacial score (nSPS) is 12.4. The second kappa shape index (κ2) is 8.09. The summed E-state index contributed by atoms with van der Waals surface area (Å²) in [6, 6.07) is 8.79. The summed E-state index contributed by atoms with van der Waals surface area (Å²) in [6.45, 7) is 5.69. The highest BCUT2D eigenvalue weighted by Gasteiger charge is 2.01. The minimum absolute atomic E-state index is 0.302. The van der Waals surface area contributed by atoms with Crippen LogP contribution < -0.4 is 10.1 Å². The molecule has 0 heterocycles. The summed E-state index contributed by atoms with van der Waals surface area (Å²) in [7, 11) is 1.62. The summed E-state index contributed by atoms with van der Waals surface area (Å²) in [6.07, 6.45) is 2.25. The van der Waals surface area contributed by atoms with Gasteiger partial charge in [0.1, 0.15) is 5.75 Å². The SMILES string of the molecule is CCNC(C)CCc1ccc(OCOC)cc1. The minimum atomic E-state index is 0.302. The van der Waals surface area contributed by atoms with Crippen molar-refractivity contribution in [1.82, 2.24) is 5.32 Å². The molecule has 17 heavy (non-hydrogen) atoms. The molecule has 0 aromatic heterocycles. The van der Waals surface area contributed by atoms with Gasteiger partial charge >= 0.3 is 0 Å². The highest BCUT2D eigenvalue weighted by molar-refractivity contribution is 5.27. The van der Waals surface area contributed by atoms with Crippen LogP contribution in [0.15, 0.2) is 24.3 Å². The Hall–Kier alpha value is -1.06. The fourth-order valence-electron chi connectivity index (χ4n) is 1.71. The smallest absolute Gasteiger partial charge is 0.188 e. The van der Waals surface area contributed by atoms with Crippen LogP contribution in [0.25, 0.3) is 0 Å². The van der Waals surface area contributed by atoms with Crippen molar-refractivity contribution in [2.45, 2.75) is 32.7 Å². The van der Waals surface area contributed by atoms with E-state index in [1.54, 1.807) is 7.11 Å². The van der Waals surface area contributed by atoms with Crippen LogP contribution in [-0.4, -0.2) is 26.5 Å². The maximum absolute atomic E-state index is 5.34. The molecule has 1 aromatic rings. The second-order valence-corrected chi connectivity index (χ2v) is 4.19. The Balaban J connectivity index is 2.34. The van der Waals surface area contributed by atoms with Crippen molar-refractivity contribution in [1.29, 1.82) is 0 Å². The van der Waals surface area contributed by atoms with Gasteiger partial charge in [-0.3, -0.25) is 0 Å². The molecule has 3 heteroatoms. The van der Waals surface area contributed by atoms with Gasteiger partial charge in [0.2, 0.25) is 0 Å². The summed E-state index contributed by atoms with van der Waals surface area (Å²) < 4.78 is 10.2. The first-order chi connectivity index (χ1) is 8.26. The Bertz CT molecular complexity index is 298. The number of benzene rings is 1. The van der Waals surface area contributed by atoms with E-state index < -0.39 is 0 Å². The molecule has 0 aliphatic heterocycles. The third-order valence-corrected chi connectivity index (χ3v) is 2.69. The van der Waals surface area contributed by atoms with E-state index in [1.165, 1.54) is 5.56 Å². The molecule has 1 aromatic carbocycles. The zero-order valence-electron chi connectivity index (χ0n) is 11.0. The molecule has 0 spiro atoms. The molecule has 0 aliphatic carbocycles. The van der Waals surface area contributed by atoms with E-state index in [0.29, 0.717) is 12.8 Å². The lowest BCUT2D eigenvalue weighted by Gasteiger charge is -2.12. The fourth-order valence-corrected chi connectivity index (χ4v) is 1.71. The zero-order valence-corrected chi connectivity index (χ0v) is 11.0. The molecule has 1 atom stereocenters. The van der Waals surface area contributed by atoms with E-state index in [-0.39, 0.29) is 0 Å². The molecule has 0 amide bonds. The van der Waals surface area contributed by atoms with Crippen molar-refractivity contribution in [3.63, 3.8) is 0 Å². The highest BCUT2D eigenvalue weighted by atomic mass is 16.7. The van der Waals surface area contributed by atoms with Gasteiger partial charge in [0, 0.05) is 13.2 Å². The van der Waals surface area contributed by atoms with Crippen LogP contribution >= 0.6 is 0 Å². The molecule has 1 unspecified atom stereocenters. The first-order valence-electron chi connectivity index (χ1n) is 6.20. The van der Waals surface area contributed by atoms with Crippen LogP contribution in [0.5, 0.6) is 5.75 Å². The average Bonchev–Trinajstić information content (AvgIpc) is 2.35. The number of hydrogen-bond acceptors (Lipinski definition) is 3. The topological polar surface area (TPSA) is 30.5 Å². The van der Waals surface area contributed by atoms with Crippen LogP contribution in [0.2, 0.25) is 0 Å². The summed E-state index contributed by atoms with van der Waals surface area (Å²) >= 11 is 0. The van der Waals surface area contributed by atoms with Crippen LogP contribution in [-0.2, 0) is 11.2 Å². The first-order valence-corrected chi connectivity index (χ1v) is 6.20. The Labute approximate surface area is 104 Å². The number of aryl methyl sites for hydroxylation is 1. The molecule has 0 aliphatic rings. The quantitative estimate of drug-likeness (QED) is 0.705. The molecule has 1 N–H and O–H groups in total. The van der Waals surface area contributed by atoms with Crippen molar-refractivity contribution in [3.8, 4) is 5.75 Å². The Kier molecular flexibility index (Phi) is 6.67. The van der Waals surface area contributed by atoms with Crippen LogP contribution in [0.4, 0.5) is 0 Å². The second-order valence-electron chi connectivity index (χ2n) is 4.19. The number of methoxy groups -OCH3 is 1. The van der Waals surface area contributed by atoms with Crippen molar-refractivity contribution >= 4 is 0 Å². The maximum Gasteiger partial charge on any atom is 0.188 e. The van der Waals surface area contributed by atoms with Gasteiger partial charge in [-0.2, -0.15) is 0 Å². The number of hydrogen-bond donors (Lipinski definition) is 1. The molecule has 0 radical (unpaired) electrons. The molecule has 0 bridgehead atoms. The average molecular weight is 237 g/mol. The van der Waals surface area contributed by atoms with Crippen molar-refractivity contribution in [2.75, 3.05) is 20.4 Å². The lowest BCUT2D eigenvalue weighted by atomic mass is 10.1. The molecule has 1 rings (SSSR count). The Morgan fingerprint density at radius 3 is 2.53 bits per heavy atom. The van der Waals surface area contributed by atoms with E-state index >= 15 is 0 Å². The summed E-state index contributed by atoms with van der Waals surface area (Å²) in [5.74, 6) is 0.857. The van der Waals surface area contributed by atoms with E-state index in [4.69, 9.17) is 9.47 Å². The predicted octanol–water partition coefficient (Wildman–Crippen LogP) is 2.60. The van der Waals surface area contributed by atoms with Gasteiger partial charge in [0.05, 0.1) is 0 Å². The van der Waals surface area contributed by atoms with Crippen molar-refractivity contribution in [2.24, 2.45) is 0 Å². The molecular formula is C14H23NO2.